The SMILES string of the molecule is CNC(=O)NC(=O)C(C)OC(=O)c1sc2ccccc2c1Cl. The molecular weight excluding hydrogens is 328 g/mol. The molecule has 2 rings (SSSR count). The van der Waals surface area contributed by atoms with Crippen molar-refractivity contribution in [3.05, 3.63) is 34.2 Å². The number of imide groups is 1. The highest BCUT2D eigenvalue weighted by Crippen LogP contribution is 2.35. The van der Waals surface area contributed by atoms with Crippen LogP contribution in [0.15, 0.2) is 24.3 Å². The molecule has 1 unspecified atom stereocenters. The molecule has 2 aromatic rings. The number of thiophene rings is 1. The third-order valence-electron chi connectivity index (χ3n) is 2.84. The normalized spacial score (nSPS) is 11.8. The minimum Gasteiger partial charge on any atom is -0.448 e. The molecule has 0 saturated carbocycles. The fourth-order valence-corrected chi connectivity index (χ4v) is 3.08. The van der Waals surface area contributed by atoms with Gasteiger partial charge in [-0.15, -0.1) is 11.3 Å². The van der Waals surface area contributed by atoms with E-state index in [1.54, 1.807) is 6.07 Å². The summed E-state index contributed by atoms with van der Waals surface area (Å²) in [6.07, 6.45) is -1.12. The molecule has 3 amide bonds. The van der Waals surface area contributed by atoms with Crippen molar-refractivity contribution < 1.29 is 19.1 Å². The topological polar surface area (TPSA) is 84.5 Å². The summed E-state index contributed by atoms with van der Waals surface area (Å²) in [5, 5.41) is 5.31. The lowest BCUT2D eigenvalue weighted by molar-refractivity contribution is -0.127. The molecule has 8 heteroatoms. The Balaban J connectivity index is 2.12. The highest BCUT2D eigenvalue weighted by molar-refractivity contribution is 7.21. The van der Waals surface area contributed by atoms with Gasteiger partial charge in [-0.3, -0.25) is 10.1 Å². The molecule has 1 aromatic carbocycles. The summed E-state index contributed by atoms with van der Waals surface area (Å²) < 4.78 is 5.90. The van der Waals surface area contributed by atoms with E-state index in [-0.39, 0.29) is 4.88 Å². The lowest BCUT2D eigenvalue weighted by Crippen LogP contribution is -2.43. The molecule has 1 heterocycles. The quantitative estimate of drug-likeness (QED) is 0.841. The van der Waals surface area contributed by atoms with Crippen molar-refractivity contribution in [3.8, 4) is 0 Å². The Kier molecular flexibility index (Phi) is 4.99. The Hall–Kier alpha value is -2.12. The van der Waals surface area contributed by atoms with Crippen molar-refractivity contribution in [1.29, 1.82) is 0 Å². The third-order valence-corrected chi connectivity index (χ3v) is 4.49. The first-order chi connectivity index (χ1) is 10.4. The van der Waals surface area contributed by atoms with Crippen LogP contribution < -0.4 is 10.6 Å². The van der Waals surface area contributed by atoms with Crippen molar-refractivity contribution in [3.63, 3.8) is 0 Å². The second-order valence-electron chi connectivity index (χ2n) is 4.36. The Bertz CT molecular complexity index is 744. The molecule has 6 nitrogen and oxygen atoms in total. The number of nitrogens with one attached hydrogen (secondary N) is 2. The number of fused-ring (bicyclic) bond motifs is 1. The van der Waals surface area contributed by atoms with Gasteiger partial charge in [-0.05, 0) is 13.0 Å². The lowest BCUT2D eigenvalue weighted by atomic mass is 10.2. The van der Waals surface area contributed by atoms with E-state index in [9.17, 15) is 14.4 Å². The van der Waals surface area contributed by atoms with E-state index in [1.807, 2.05) is 23.5 Å². The van der Waals surface area contributed by atoms with Gasteiger partial charge in [0.2, 0.25) is 0 Å². The van der Waals surface area contributed by atoms with Crippen LogP contribution in [-0.4, -0.2) is 31.1 Å². The molecule has 1 atom stereocenters. The van der Waals surface area contributed by atoms with Crippen LogP contribution in [0.1, 0.15) is 16.6 Å². The summed E-state index contributed by atoms with van der Waals surface area (Å²) in [5.74, 6) is -1.42. The Morgan fingerprint density at radius 3 is 2.59 bits per heavy atom. The van der Waals surface area contributed by atoms with Crippen LogP contribution in [0.3, 0.4) is 0 Å². The molecule has 22 heavy (non-hydrogen) atoms. The molecule has 0 saturated heterocycles. The molecule has 1 aromatic heterocycles. The van der Waals surface area contributed by atoms with Gasteiger partial charge in [0, 0.05) is 17.1 Å². The van der Waals surface area contributed by atoms with Crippen LogP contribution in [0.5, 0.6) is 0 Å². The monoisotopic (exact) mass is 340 g/mol. The second kappa shape index (κ2) is 6.76. The number of rotatable bonds is 3. The van der Waals surface area contributed by atoms with Gasteiger partial charge in [0.15, 0.2) is 6.10 Å². The van der Waals surface area contributed by atoms with Crippen LogP contribution in [0.25, 0.3) is 10.1 Å². The first-order valence-corrected chi connectivity index (χ1v) is 7.54. The largest absolute Gasteiger partial charge is 0.448 e. The van der Waals surface area contributed by atoms with E-state index in [2.05, 4.69) is 5.32 Å². The molecular formula is C14H13ClN2O4S. The number of halogens is 1. The van der Waals surface area contributed by atoms with Crippen LogP contribution in [0.2, 0.25) is 5.02 Å². The minimum atomic E-state index is -1.12. The number of esters is 1. The van der Waals surface area contributed by atoms with Gasteiger partial charge in [-0.2, -0.15) is 0 Å². The van der Waals surface area contributed by atoms with Gasteiger partial charge >= 0.3 is 12.0 Å². The molecule has 0 spiro atoms. The first-order valence-electron chi connectivity index (χ1n) is 6.34. The highest BCUT2D eigenvalue weighted by atomic mass is 35.5. The Morgan fingerprint density at radius 2 is 1.95 bits per heavy atom. The maximum Gasteiger partial charge on any atom is 0.350 e. The molecule has 0 aliphatic heterocycles. The average molecular weight is 341 g/mol. The number of carbonyl (C=O) groups is 3. The maximum absolute atomic E-state index is 12.1. The van der Waals surface area contributed by atoms with E-state index in [4.69, 9.17) is 16.3 Å². The predicted octanol–water partition coefficient (Wildman–Crippen LogP) is 2.56. The van der Waals surface area contributed by atoms with Gasteiger partial charge in [0.05, 0.1) is 5.02 Å². The number of carbonyl (C=O) groups excluding carboxylic acids is 3. The van der Waals surface area contributed by atoms with Crippen LogP contribution in [0, 0.1) is 0 Å². The van der Waals surface area contributed by atoms with E-state index in [0.29, 0.717) is 5.02 Å². The van der Waals surface area contributed by atoms with Crippen LogP contribution >= 0.6 is 22.9 Å². The molecule has 0 fully saturated rings. The summed E-state index contributed by atoms with van der Waals surface area (Å²) in [6, 6.07) is 6.61. The smallest absolute Gasteiger partial charge is 0.350 e. The summed E-state index contributed by atoms with van der Waals surface area (Å²) in [6.45, 7) is 1.37. The molecule has 0 bridgehead atoms. The van der Waals surface area contributed by atoms with Crippen molar-refractivity contribution in [2.24, 2.45) is 0 Å². The average Bonchev–Trinajstić information content (AvgIpc) is 2.84. The first kappa shape index (κ1) is 16.3. The predicted molar refractivity (Wildman–Crippen MR) is 84.3 cm³/mol. The zero-order valence-corrected chi connectivity index (χ0v) is 13.4. The molecule has 0 radical (unpaired) electrons. The maximum atomic E-state index is 12.1. The number of ether oxygens (including phenoxy) is 1. The Labute approximate surface area is 135 Å². The summed E-state index contributed by atoms with van der Waals surface area (Å²) in [4.78, 5) is 35.1. The van der Waals surface area contributed by atoms with Gasteiger partial charge in [-0.1, -0.05) is 29.8 Å². The lowest BCUT2D eigenvalue weighted by Gasteiger charge is -2.12. The van der Waals surface area contributed by atoms with Crippen LogP contribution in [-0.2, 0) is 9.53 Å². The van der Waals surface area contributed by atoms with Crippen molar-refractivity contribution in [2.75, 3.05) is 7.05 Å². The molecule has 0 aliphatic carbocycles. The summed E-state index contributed by atoms with van der Waals surface area (Å²) in [7, 11) is 1.37. The van der Waals surface area contributed by atoms with Gasteiger partial charge in [-0.25, -0.2) is 9.59 Å². The fraction of sp³-hybridized carbons (Fsp3) is 0.214. The van der Waals surface area contributed by atoms with Crippen molar-refractivity contribution >= 4 is 50.9 Å². The summed E-state index contributed by atoms with van der Waals surface area (Å²) in [5.41, 5.74) is 0. The number of amides is 3. The number of benzene rings is 1. The number of hydrogen-bond donors (Lipinski definition) is 2. The second-order valence-corrected chi connectivity index (χ2v) is 5.79. The molecule has 0 aliphatic rings. The van der Waals surface area contributed by atoms with E-state index < -0.39 is 24.0 Å². The third kappa shape index (κ3) is 3.37. The van der Waals surface area contributed by atoms with Crippen molar-refractivity contribution in [1.82, 2.24) is 10.6 Å². The van der Waals surface area contributed by atoms with Gasteiger partial charge in [0.25, 0.3) is 5.91 Å². The van der Waals surface area contributed by atoms with E-state index in [0.717, 1.165) is 10.1 Å². The van der Waals surface area contributed by atoms with E-state index in [1.165, 1.54) is 25.3 Å². The molecule has 2 N–H and O–H groups in total. The standard InChI is InChI=1S/C14H13ClN2O4S/c1-7(12(18)17-14(20)16-2)21-13(19)11-10(15)8-5-3-4-6-9(8)22-11/h3-7H,1-2H3,(H2,16,17,18,20). The minimum absolute atomic E-state index is 0.224. The number of urea groups is 1. The van der Waals surface area contributed by atoms with Gasteiger partial charge in [0.1, 0.15) is 4.88 Å². The van der Waals surface area contributed by atoms with Crippen molar-refractivity contribution in [2.45, 2.75) is 13.0 Å². The highest BCUT2D eigenvalue weighted by Gasteiger charge is 2.24. The van der Waals surface area contributed by atoms with E-state index >= 15 is 0 Å². The zero-order chi connectivity index (χ0) is 16.3. The molecule has 116 valence electrons. The van der Waals surface area contributed by atoms with Crippen LogP contribution in [0.4, 0.5) is 4.79 Å². The Morgan fingerprint density at radius 1 is 1.27 bits per heavy atom. The number of hydrogen-bond acceptors (Lipinski definition) is 5. The fourth-order valence-electron chi connectivity index (χ4n) is 1.69. The zero-order valence-electron chi connectivity index (χ0n) is 11.8. The van der Waals surface area contributed by atoms with Gasteiger partial charge < -0.3 is 10.1 Å². The summed E-state index contributed by atoms with van der Waals surface area (Å²) >= 11 is 7.35.